The highest BCUT2D eigenvalue weighted by Gasteiger charge is 2.16. The minimum absolute atomic E-state index is 0.198. The molecule has 3 aromatic rings. The van der Waals surface area contributed by atoms with Crippen LogP contribution in [0.4, 0.5) is 5.13 Å². The number of nitrogens with zero attached hydrogens (tertiary/aromatic N) is 2. The summed E-state index contributed by atoms with van der Waals surface area (Å²) in [7, 11) is 1.68. The average molecular weight is 402 g/mol. The van der Waals surface area contributed by atoms with Crippen LogP contribution in [-0.2, 0) is 22.6 Å². The molecule has 0 aliphatic rings. The van der Waals surface area contributed by atoms with Crippen molar-refractivity contribution in [3.05, 3.63) is 69.4 Å². The zero-order valence-electron chi connectivity index (χ0n) is 14.8. The van der Waals surface area contributed by atoms with Crippen LogP contribution in [0, 0.1) is 0 Å². The van der Waals surface area contributed by atoms with Crippen LogP contribution in [0.3, 0.4) is 0 Å². The van der Waals surface area contributed by atoms with E-state index in [0.29, 0.717) is 18.2 Å². The molecule has 2 aromatic heterocycles. The molecule has 1 aromatic carbocycles. The summed E-state index contributed by atoms with van der Waals surface area (Å²) in [5, 5.41) is 7.38. The Morgan fingerprint density at radius 2 is 1.96 bits per heavy atom. The van der Waals surface area contributed by atoms with Gasteiger partial charge in [0.05, 0.1) is 6.54 Å². The number of carbonyl (C=O) groups excluding carboxylic acids is 2. The number of rotatable bonds is 8. The molecule has 6 nitrogen and oxygen atoms in total. The van der Waals surface area contributed by atoms with Crippen LogP contribution in [0.2, 0.25) is 0 Å². The fourth-order valence-electron chi connectivity index (χ4n) is 2.26. The number of esters is 1. The third kappa shape index (κ3) is 5.63. The summed E-state index contributed by atoms with van der Waals surface area (Å²) in [6.07, 6.45) is 0. The molecule has 0 aliphatic carbocycles. The van der Waals surface area contributed by atoms with E-state index in [1.54, 1.807) is 23.8 Å². The maximum atomic E-state index is 12.1. The summed E-state index contributed by atoms with van der Waals surface area (Å²) in [4.78, 5) is 31.0. The molecule has 0 bridgehead atoms. The molecule has 0 unspecified atom stereocenters. The van der Waals surface area contributed by atoms with Crippen LogP contribution < -0.4 is 5.32 Å². The van der Waals surface area contributed by atoms with Gasteiger partial charge in [0.15, 0.2) is 17.4 Å². The van der Waals surface area contributed by atoms with Gasteiger partial charge in [-0.15, -0.1) is 22.7 Å². The number of anilines is 1. The summed E-state index contributed by atoms with van der Waals surface area (Å²) in [5.41, 5.74) is 1.32. The molecule has 8 heteroatoms. The van der Waals surface area contributed by atoms with Crippen molar-refractivity contribution in [3.8, 4) is 0 Å². The van der Waals surface area contributed by atoms with Gasteiger partial charge in [-0.25, -0.2) is 9.78 Å². The number of benzene rings is 1. The van der Waals surface area contributed by atoms with Crippen molar-refractivity contribution in [1.29, 1.82) is 0 Å². The smallest absolute Gasteiger partial charge is 0.358 e. The second-order valence-corrected chi connectivity index (χ2v) is 7.67. The van der Waals surface area contributed by atoms with Gasteiger partial charge >= 0.3 is 5.97 Å². The van der Waals surface area contributed by atoms with Gasteiger partial charge in [0.2, 0.25) is 0 Å². The molecule has 0 spiro atoms. The van der Waals surface area contributed by atoms with E-state index < -0.39 is 5.97 Å². The van der Waals surface area contributed by atoms with Gasteiger partial charge < -0.3 is 15.0 Å². The number of aromatic nitrogens is 1. The van der Waals surface area contributed by atoms with Gasteiger partial charge in [-0.2, -0.15) is 0 Å². The molecule has 0 aliphatic heterocycles. The van der Waals surface area contributed by atoms with Crippen LogP contribution in [0.25, 0.3) is 0 Å². The monoisotopic (exact) mass is 401 g/mol. The van der Waals surface area contributed by atoms with E-state index in [1.165, 1.54) is 16.2 Å². The number of ether oxygens (including phenoxy) is 1. The Kier molecular flexibility index (Phi) is 6.56. The number of carbonyl (C=O) groups is 2. The van der Waals surface area contributed by atoms with Crippen LogP contribution in [0.1, 0.15) is 20.9 Å². The van der Waals surface area contributed by atoms with Crippen molar-refractivity contribution in [1.82, 2.24) is 9.88 Å². The predicted molar refractivity (Wildman–Crippen MR) is 107 cm³/mol. The fraction of sp³-hybridized carbons (Fsp3) is 0.211. The number of nitrogens with one attached hydrogen (secondary N) is 1. The van der Waals surface area contributed by atoms with E-state index in [1.807, 2.05) is 47.8 Å². The Labute approximate surface area is 165 Å². The molecule has 0 saturated carbocycles. The molecule has 0 atom stereocenters. The molecule has 0 fully saturated rings. The molecule has 1 N–H and O–H groups in total. The third-order valence-electron chi connectivity index (χ3n) is 3.73. The molecule has 3 rings (SSSR count). The van der Waals surface area contributed by atoms with Gasteiger partial charge in [-0.05, 0) is 17.0 Å². The third-order valence-corrected chi connectivity index (χ3v) is 5.39. The molecule has 1 amide bonds. The normalized spacial score (nSPS) is 10.4. The highest BCUT2D eigenvalue weighted by Crippen LogP contribution is 2.17. The lowest BCUT2D eigenvalue weighted by Crippen LogP contribution is -2.30. The summed E-state index contributed by atoms with van der Waals surface area (Å²) in [6.45, 7) is 0.818. The van der Waals surface area contributed by atoms with Crippen LogP contribution in [0.5, 0.6) is 0 Å². The summed E-state index contributed by atoms with van der Waals surface area (Å²) >= 11 is 2.90. The van der Waals surface area contributed by atoms with Crippen molar-refractivity contribution in [3.63, 3.8) is 0 Å². The standard InChI is InChI=1S/C19H19N3O3S2/c1-22(11-15-8-5-9-26-15)17(23)12-25-18(24)16-13-27-19(21-16)20-10-14-6-3-2-4-7-14/h2-9,13H,10-12H2,1H3,(H,20,21). The molecular formula is C19H19N3O3S2. The largest absolute Gasteiger partial charge is 0.451 e. The first kappa shape index (κ1) is 19.1. The minimum atomic E-state index is -0.600. The first-order chi connectivity index (χ1) is 13.1. The van der Waals surface area contributed by atoms with E-state index in [4.69, 9.17) is 4.74 Å². The van der Waals surface area contributed by atoms with Crippen molar-refractivity contribution in [2.45, 2.75) is 13.1 Å². The minimum Gasteiger partial charge on any atom is -0.451 e. The van der Waals surface area contributed by atoms with Crippen molar-refractivity contribution in [2.75, 3.05) is 19.0 Å². The SMILES string of the molecule is CN(Cc1cccs1)C(=O)COC(=O)c1csc(NCc2ccccc2)n1. The summed E-state index contributed by atoms with van der Waals surface area (Å²) in [5.74, 6) is -0.855. The first-order valence-corrected chi connectivity index (χ1v) is 10.0. The van der Waals surface area contributed by atoms with Gasteiger partial charge in [0.25, 0.3) is 5.91 Å². The number of likely N-dealkylation sites (N-methyl/N-ethyl adjacent to an activating group) is 1. The van der Waals surface area contributed by atoms with E-state index in [0.717, 1.165) is 10.4 Å². The van der Waals surface area contributed by atoms with E-state index in [-0.39, 0.29) is 18.2 Å². The molecular weight excluding hydrogens is 382 g/mol. The Morgan fingerprint density at radius 1 is 1.15 bits per heavy atom. The number of hydrogen-bond acceptors (Lipinski definition) is 7. The summed E-state index contributed by atoms with van der Waals surface area (Å²) < 4.78 is 5.10. The topological polar surface area (TPSA) is 71.5 Å². The highest BCUT2D eigenvalue weighted by molar-refractivity contribution is 7.13. The lowest BCUT2D eigenvalue weighted by Gasteiger charge is -2.15. The lowest BCUT2D eigenvalue weighted by atomic mass is 10.2. The van der Waals surface area contributed by atoms with E-state index in [2.05, 4.69) is 10.3 Å². The van der Waals surface area contributed by atoms with Crippen LogP contribution in [-0.4, -0.2) is 35.4 Å². The first-order valence-electron chi connectivity index (χ1n) is 8.28. The second kappa shape index (κ2) is 9.29. The second-order valence-electron chi connectivity index (χ2n) is 5.78. The van der Waals surface area contributed by atoms with Crippen LogP contribution >= 0.6 is 22.7 Å². The maximum absolute atomic E-state index is 12.1. The number of hydrogen-bond donors (Lipinski definition) is 1. The lowest BCUT2D eigenvalue weighted by molar-refractivity contribution is -0.133. The molecule has 2 heterocycles. The van der Waals surface area contributed by atoms with Gasteiger partial charge in [-0.3, -0.25) is 4.79 Å². The Morgan fingerprint density at radius 3 is 2.70 bits per heavy atom. The van der Waals surface area contributed by atoms with E-state index in [9.17, 15) is 9.59 Å². The number of thiophene rings is 1. The number of amides is 1. The molecule has 27 heavy (non-hydrogen) atoms. The Balaban J connectivity index is 1.45. The Bertz CT molecular complexity index is 879. The van der Waals surface area contributed by atoms with E-state index >= 15 is 0 Å². The molecule has 0 saturated heterocycles. The van der Waals surface area contributed by atoms with Crippen molar-refractivity contribution in [2.24, 2.45) is 0 Å². The Hall–Kier alpha value is -2.71. The van der Waals surface area contributed by atoms with Crippen molar-refractivity contribution < 1.29 is 14.3 Å². The predicted octanol–water partition coefficient (Wildman–Crippen LogP) is 3.63. The van der Waals surface area contributed by atoms with Gasteiger partial charge in [0.1, 0.15) is 0 Å². The van der Waals surface area contributed by atoms with Gasteiger partial charge in [-0.1, -0.05) is 36.4 Å². The quantitative estimate of drug-likeness (QED) is 0.584. The zero-order valence-corrected chi connectivity index (χ0v) is 16.4. The van der Waals surface area contributed by atoms with Crippen LogP contribution in [0.15, 0.2) is 53.2 Å². The average Bonchev–Trinajstić information content (AvgIpc) is 3.37. The highest BCUT2D eigenvalue weighted by atomic mass is 32.1. The maximum Gasteiger partial charge on any atom is 0.358 e. The van der Waals surface area contributed by atoms with Gasteiger partial charge in [0, 0.05) is 23.8 Å². The number of thiazole rings is 1. The van der Waals surface area contributed by atoms with Crippen molar-refractivity contribution >= 4 is 39.7 Å². The molecule has 0 radical (unpaired) electrons. The fourth-order valence-corrected chi connectivity index (χ4v) is 3.69. The molecule has 140 valence electrons. The summed E-state index contributed by atoms with van der Waals surface area (Å²) in [6, 6.07) is 13.8. The zero-order chi connectivity index (χ0) is 19.1.